The van der Waals surface area contributed by atoms with Crippen molar-refractivity contribution in [3.8, 4) is 0 Å². The van der Waals surface area contributed by atoms with Gasteiger partial charge < -0.3 is 4.90 Å². The maximum Gasteiger partial charge on any atom is 0.158 e. The van der Waals surface area contributed by atoms with E-state index < -0.39 is 0 Å². The van der Waals surface area contributed by atoms with E-state index in [0.717, 1.165) is 18.5 Å². The number of hydrogen-bond donors (Lipinski definition) is 0. The Morgan fingerprint density at radius 3 is 3.00 bits per heavy atom. The summed E-state index contributed by atoms with van der Waals surface area (Å²) < 4.78 is 0. The first kappa shape index (κ1) is 9.91. The first-order valence-electron chi connectivity index (χ1n) is 5.66. The number of ketones is 1. The molecule has 2 nitrogen and oxygen atoms in total. The first-order valence-corrected chi connectivity index (χ1v) is 5.66. The second-order valence-corrected chi connectivity index (χ2v) is 4.54. The van der Waals surface area contributed by atoms with E-state index in [4.69, 9.17) is 0 Å². The second-order valence-electron chi connectivity index (χ2n) is 4.54. The lowest BCUT2D eigenvalue weighted by atomic mass is 9.88. The molecule has 3 rings (SSSR count). The third-order valence-electron chi connectivity index (χ3n) is 3.67. The summed E-state index contributed by atoms with van der Waals surface area (Å²) in [6.45, 7) is 3.05. The minimum absolute atomic E-state index is 0.367. The molecule has 3 aliphatic rings. The Bertz CT molecular complexity index is 269. The normalized spacial score (nSPS) is 32.6. The van der Waals surface area contributed by atoms with Crippen LogP contribution in [0.1, 0.15) is 32.6 Å². The van der Waals surface area contributed by atoms with Crippen molar-refractivity contribution in [3.63, 3.8) is 0 Å². The van der Waals surface area contributed by atoms with Gasteiger partial charge in [-0.15, -0.1) is 0 Å². The van der Waals surface area contributed by atoms with E-state index in [1.165, 1.54) is 12.8 Å². The molecule has 14 heavy (non-hydrogen) atoms. The quantitative estimate of drug-likeness (QED) is 0.668. The van der Waals surface area contributed by atoms with Crippen molar-refractivity contribution in [2.24, 2.45) is 5.92 Å². The highest BCUT2D eigenvalue weighted by atomic mass is 16.1. The van der Waals surface area contributed by atoms with Crippen molar-refractivity contribution >= 4 is 5.78 Å². The Balaban J connectivity index is 2.19. The van der Waals surface area contributed by atoms with Crippen LogP contribution in [0.15, 0.2) is 11.6 Å². The monoisotopic (exact) mass is 193 g/mol. The smallest absolute Gasteiger partial charge is 0.158 e. The molecule has 0 N–H and O–H groups in total. The number of rotatable bonds is 2. The van der Waals surface area contributed by atoms with E-state index in [1.54, 1.807) is 0 Å². The fourth-order valence-corrected chi connectivity index (χ4v) is 2.73. The average molecular weight is 193 g/mol. The second kappa shape index (κ2) is 3.85. The Labute approximate surface area is 86.0 Å². The highest BCUT2D eigenvalue weighted by molar-refractivity contribution is 5.95. The highest BCUT2D eigenvalue weighted by Crippen LogP contribution is 2.33. The van der Waals surface area contributed by atoms with Gasteiger partial charge in [0.1, 0.15) is 0 Å². The van der Waals surface area contributed by atoms with Gasteiger partial charge in [0.15, 0.2) is 5.78 Å². The van der Waals surface area contributed by atoms with Crippen LogP contribution in [0.5, 0.6) is 0 Å². The van der Waals surface area contributed by atoms with Gasteiger partial charge >= 0.3 is 0 Å². The largest absolute Gasteiger partial charge is 0.303 e. The number of carbonyl (C=O) groups is 1. The van der Waals surface area contributed by atoms with Crippen LogP contribution in [0.2, 0.25) is 0 Å². The average Bonchev–Trinajstić information content (AvgIpc) is 2.47. The summed E-state index contributed by atoms with van der Waals surface area (Å²) in [6, 6.07) is 0.688. The summed E-state index contributed by atoms with van der Waals surface area (Å²) in [7, 11) is 2.18. The Hall–Kier alpha value is -0.630. The molecule has 1 aliphatic carbocycles. The molecule has 78 valence electrons. The molecule has 0 radical (unpaired) electrons. The van der Waals surface area contributed by atoms with Crippen LogP contribution in [-0.4, -0.2) is 30.3 Å². The van der Waals surface area contributed by atoms with Crippen molar-refractivity contribution in [2.75, 3.05) is 13.6 Å². The molecule has 0 aromatic rings. The van der Waals surface area contributed by atoms with Gasteiger partial charge in [0.05, 0.1) is 0 Å². The van der Waals surface area contributed by atoms with Gasteiger partial charge in [0.2, 0.25) is 0 Å². The third-order valence-corrected chi connectivity index (χ3v) is 3.67. The predicted octanol–water partition coefficient (Wildman–Crippen LogP) is 2.01. The fourth-order valence-electron chi connectivity index (χ4n) is 2.73. The van der Waals surface area contributed by atoms with Crippen LogP contribution in [-0.2, 0) is 4.79 Å². The highest BCUT2D eigenvalue weighted by Gasteiger charge is 2.32. The van der Waals surface area contributed by atoms with E-state index in [1.807, 2.05) is 6.92 Å². The van der Waals surface area contributed by atoms with Crippen molar-refractivity contribution in [1.29, 1.82) is 0 Å². The summed E-state index contributed by atoms with van der Waals surface area (Å²) >= 11 is 0. The molecule has 2 heterocycles. The van der Waals surface area contributed by atoms with Gasteiger partial charge in [-0.05, 0) is 37.8 Å². The molecular weight excluding hydrogens is 174 g/mol. The molecule has 2 bridgehead atoms. The summed E-state index contributed by atoms with van der Waals surface area (Å²) in [4.78, 5) is 14.1. The molecule has 1 saturated heterocycles. The van der Waals surface area contributed by atoms with Crippen LogP contribution >= 0.6 is 0 Å². The zero-order valence-corrected chi connectivity index (χ0v) is 9.12. The zero-order chi connectivity index (χ0) is 10.1. The number of hydrogen-bond acceptors (Lipinski definition) is 2. The molecule has 2 unspecified atom stereocenters. The van der Waals surface area contributed by atoms with Crippen LogP contribution < -0.4 is 0 Å². The van der Waals surface area contributed by atoms with Crippen LogP contribution in [0.3, 0.4) is 0 Å². The minimum Gasteiger partial charge on any atom is -0.303 e. The van der Waals surface area contributed by atoms with Crippen molar-refractivity contribution in [1.82, 2.24) is 4.90 Å². The maximum atomic E-state index is 11.7. The van der Waals surface area contributed by atoms with Gasteiger partial charge in [-0.1, -0.05) is 13.0 Å². The first-order chi connectivity index (χ1) is 6.72. The maximum absolute atomic E-state index is 11.7. The van der Waals surface area contributed by atoms with E-state index >= 15 is 0 Å². The van der Waals surface area contributed by atoms with Crippen molar-refractivity contribution in [3.05, 3.63) is 11.6 Å². The zero-order valence-electron chi connectivity index (χ0n) is 9.12. The van der Waals surface area contributed by atoms with E-state index in [9.17, 15) is 4.79 Å². The summed E-state index contributed by atoms with van der Waals surface area (Å²) in [5.41, 5.74) is 1.12. The van der Waals surface area contributed by atoms with Crippen molar-refractivity contribution in [2.45, 2.75) is 38.6 Å². The van der Waals surface area contributed by atoms with Gasteiger partial charge in [-0.3, -0.25) is 4.79 Å². The lowest BCUT2D eigenvalue weighted by Gasteiger charge is -2.34. The number of nitrogens with zero attached hydrogens (tertiary/aromatic N) is 1. The van der Waals surface area contributed by atoms with Gasteiger partial charge in [-0.25, -0.2) is 0 Å². The molecule has 0 spiro atoms. The summed E-state index contributed by atoms with van der Waals surface area (Å²) in [5.74, 6) is 0.886. The Morgan fingerprint density at radius 2 is 2.36 bits per heavy atom. The van der Waals surface area contributed by atoms with Gasteiger partial charge in [-0.2, -0.15) is 0 Å². The molecular formula is C12H19NO. The lowest BCUT2D eigenvalue weighted by Crippen LogP contribution is -2.39. The number of carbonyl (C=O) groups excluding carboxylic acids is 1. The molecule has 2 heteroatoms. The molecule has 0 amide bonds. The molecule has 2 atom stereocenters. The molecule has 0 saturated carbocycles. The third kappa shape index (κ3) is 1.63. The van der Waals surface area contributed by atoms with Gasteiger partial charge in [0.25, 0.3) is 0 Å². The summed E-state index contributed by atoms with van der Waals surface area (Å²) in [5, 5.41) is 0. The van der Waals surface area contributed by atoms with E-state index in [0.29, 0.717) is 24.2 Å². The number of fused-ring (bicyclic) bond motifs is 3. The SMILES string of the molecule is CCC(=O)C1=CCC2CCC1CN2C. The predicted molar refractivity (Wildman–Crippen MR) is 57.1 cm³/mol. The lowest BCUT2D eigenvalue weighted by molar-refractivity contribution is -0.115. The standard InChI is InChI=1S/C12H19NO/c1-3-12(14)11-7-6-10-5-4-9(11)8-13(10)2/h7,9-10H,3-6,8H2,1-2H3. The van der Waals surface area contributed by atoms with E-state index in [2.05, 4.69) is 18.0 Å². The van der Waals surface area contributed by atoms with Crippen LogP contribution in [0, 0.1) is 5.92 Å². The van der Waals surface area contributed by atoms with Crippen molar-refractivity contribution < 1.29 is 4.79 Å². The molecule has 1 fully saturated rings. The fraction of sp³-hybridized carbons (Fsp3) is 0.750. The van der Waals surface area contributed by atoms with Crippen LogP contribution in [0.4, 0.5) is 0 Å². The summed E-state index contributed by atoms with van der Waals surface area (Å²) in [6.07, 6.45) is 6.42. The number of piperidine rings is 1. The Morgan fingerprint density at radius 1 is 1.57 bits per heavy atom. The van der Waals surface area contributed by atoms with Gasteiger partial charge in [0, 0.05) is 19.0 Å². The minimum atomic E-state index is 0.367. The molecule has 2 aliphatic heterocycles. The topological polar surface area (TPSA) is 20.3 Å². The number of Topliss-reactive ketones (excluding diaryl/α,β-unsaturated/α-hetero) is 1. The van der Waals surface area contributed by atoms with Crippen LogP contribution in [0.25, 0.3) is 0 Å². The molecule has 0 aromatic carbocycles. The molecule has 0 aromatic heterocycles. The Kier molecular flexibility index (Phi) is 2.73. The van der Waals surface area contributed by atoms with E-state index in [-0.39, 0.29) is 0 Å².